The van der Waals surface area contributed by atoms with Crippen LogP contribution in [0.25, 0.3) is 0 Å². The topological polar surface area (TPSA) is 49.7 Å². The van der Waals surface area contributed by atoms with E-state index in [2.05, 4.69) is 92.8 Å². The van der Waals surface area contributed by atoms with E-state index in [9.17, 15) is 0 Å². The van der Waals surface area contributed by atoms with E-state index < -0.39 is 0 Å². The van der Waals surface area contributed by atoms with Crippen LogP contribution in [0.1, 0.15) is 52.4 Å². The molecule has 0 aliphatic carbocycles. The molecule has 0 saturated heterocycles. The van der Waals surface area contributed by atoms with Gasteiger partial charge in [-0.3, -0.25) is 0 Å². The van der Waals surface area contributed by atoms with Crippen molar-refractivity contribution in [3.63, 3.8) is 0 Å². The molecule has 0 unspecified atom stereocenters. The van der Waals surface area contributed by atoms with Gasteiger partial charge in [-0.1, -0.05) is 39.5 Å². The van der Waals surface area contributed by atoms with Crippen LogP contribution in [0.2, 0.25) is 0 Å². The van der Waals surface area contributed by atoms with Crippen LogP contribution in [0.3, 0.4) is 0 Å². The third kappa shape index (κ3) is 226. The number of aliphatic hydroxyl groups excluding tert-OH is 2. The molecule has 0 atom stereocenters. The molecule has 0 aliphatic heterocycles. The van der Waals surface area contributed by atoms with Gasteiger partial charge in [-0.2, -0.15) is 0 Å². The molecule has 3 nitrogen and oxygen atoms in total. The molecule has 0 heterocycles. The molecule has 0 aromatic carbocycles. The molecule has 2 N–H and O–H groups in total. The largest absolute Gasteiger partial charge is 0.394 e. The van der Waals surface area contributed by atoms with Crippen molar-refractivity contribution in [3.8, 4) is 0 Å². The van der Waals surface area contributed by atoms with Crippen molar-refractivity contribution >= 4 is 0 Å². The quantitative estimate of drug-likeness (QED) is 0.325. The molecule has 0 fully saturated rings. The first kappa shape index (κ1) is 49.9. The predicted octanol–water partition coefficient (Wildman–Crippen LogP) is 7.17. The highest BCUT2D eigenvalue weighted by molar-refractivity contribution is 4.41. The maximum absolute atomic E-state index is 7.62. The summed E-state index contributed by atoms with van der Waals surface area (Å²) in [5.74, 6) is 0. The Bertz CT molecular complexity index is 127. The van der Waals surface area contributed by atoms with E-state index in [-0.39, 0.29) is 13.2 Å². The van der Waals surface area contributed by atoms with E-state index in [4.69, 9.17) is 14.9 Å². The first-order chi connectivity index (χ1) is 13.3. The summed E-state index contributed by atoms with van der Waals surface area (Å²) in [4.78, 5) is 0. The predicted molar refractivity (Wildman–Crippen MR) is 132 cm³/mol. The molecule has 0 aromatic heterocycles. The van der Waals surface area contributed by atoms with Gasteiger partial charge in [0.15, 0.2) is 0 Å². The highest BCUT2D eigenvalue weighted by Gasteiger charge is 1.88. The van der Waals surface area contributed by atoms with Gasteiger partial charge in [-0.25, -0.2) is 0 Å². The number of rotatable bonds is 9. The molecule has 0 aromatic rings. The van der Waals surface area contributed by atoms with Gasteiger partial charge in [0, 0.05) is 13.2 Å². The minimum Gasteiger partial charge on any atom is -0.394 e. The van der Waals surface area contributed by atoms with Crippen LogP contribution in [0.5, 0.6) is 0 Å². The molecular weight excluding hydrogens is 336 g/mol. The van der Waals surface area contributed by atoms with Crippen molar-refractivity contribution in [1.82, 2.24) is 0 Å². The third-order valence-corrected chi connectivity index (χ3v) is 1.84. The molecule has 0 bridgehead atoms. The van der Waals surface area contributed by atoms with Crippen molar-refractivity contribution in [2.75, 3.05) is 26.4 Å². The van der Waals surface area contributed by atoms with E-state index >= 15 is 0 Å². The maximum Gasteiger partial charge on any atom is 0.0662 e. The number of aliphatic hydroxyl groups is 2. The van der Waals surface area contributed by atoms with E-state index in [0.29, 0.717) is 0 Å². The molecule has 0 saturated carbocycles. The summed E-state index contributed by atoms with van der Waals surface area (Å²) >= 11 is 0. The summed E-state index contributed by atoms with van der Waals surface area (Å²) in [6, 6.07) is 0. The van der Waals surface area contributed by atoms with Crippen LogP contribution >= 0.6 is 0 Å². The summed E-state index contributed by atoms with van der Waals surface area (Å²) in [7, 11) is 0. The molecule has 27 heavy (non-hydrogen) atoms. The second-order valence-corrected chi connectivity index (χ2v) is 3.47. The SMILES string of the molecule is C=C.C=C.C=C.C=C.C=C.C=C.CCCCCCCOCCC.OCCO. The number of ether oxygens (including phenoxy) is 1. The van der Waals surface area contributed by atoms with Crippen LogP contribution in [0.4, 0.5) is 0 Å². The van der Waals surface area contributed by atoms with Crippen molar-refractivity contribution in [2.45, 2.75) is 52.4 Å². The molecule has 0 spiro atoms. The summed E-state index contributed by atoms with van der Waals surface area (Å²) < 4.78 is 5.36. The Morgan fingerprint density at radius 2 is 0.815 bits per heavy atom. The molecule has 0 amide bonds. The molecule has 0 radical (unpaired) electrons. The number of unbranched alkanes of at least 4 members (excludes halogenated alkanes) is 4. The van der Waals surface area contributed by atoms with Gasteiger partial charge in [-0.15, -0.1) is 78.9 Å². The Balaban J connectivity index is -0.0000000315. The lowest BCUT2D eigenvalue weighted by Crippen LogP contribution is -1.95. The zero-order valence-electron chi connectivity index (χ0n) is 18.9. The monoisotopic (exact) mass is 388 g/mol. The van der Waals surface area contributed by atoms with Gasteiger partial charge in [0.1, 0.15) is 0 Å². The van der Waals surface area contributed by atoms with Crippen molar-refractivity contribution in [2.24, 2.45) is 0 Å². The first-order valence-electron chi connectivity index (χ1n) is 9.12. The van der Waals surface area contributed by atoms with E-state index in [1.807, 2.05) is 0 Å². The Labute approximate surface area is 173 Å². The second-order valence-electron chi connectivity index (χ2n) is 3.47. The molecule has 0 aliphatic rings. The fourth-order valence-corrected chi connectivity index (χ4v) is 1.05. The minimum atomic E-state index is -0.125. The van der Waals surface area contributed by atoms with Crippen LogP contribution in [0.15, 0.2) is 78.9 Å². The highest BCUT2D eigenvalue weighted by atomic mass is 16.5. The smallest absolute Gasteiger partial charge is 0.0662 e. The van der Waals surface area contributed by atoms with E-state index in [0.717, 1.165) is 19.6 Å². The van der Waals surface area contributed by atoms with Crippen molar-refractivity contribution in [3.05, 3.63) is 78.9 Å². The average molecular weight is 389 g/mol. The molecular formula is C24H52O3. The Morgan fingerprint density at radius 1 is 0.481 bits per heavy atom. The number of hydrogen-bond donors (Lipinski definition) is 2. The summed E-state index contributed by atoms with van der Waals surface area (Å²) in [5.41, 5.74) is 0. The van der Waals surface area contributed by atoms with Gasteiger partial charge in [-0.05, 0) is 12.8 Å². The highest BCUT2D eigenvalue weighted by Crippen LogP contribution is 2.02. The number of hydrogen-bond acceptors (Lipinski definition) is 3. The van der Waals surface area contributed by atoms with Crippen LogP contribution in [-0.4, -0.2) is 36.6 Å². The average Bonchev–Trinajstić information content (AvgIpc) is 2.81. The minimum absolute atomic E-state index is 0.125. The van der Waals surface area contributed by atoms with Crippen molar-refractivity contribution < 1.29 is 14.9 Å². The normalized spacial score (nSPS) is 6.22. The summed E-state index contributed by atoms with van der Waals surface area (Å²) in [6.07, 6.45) is 7.84. The fourth-order valence-electron chi connectivity index (χ4n) is 1.05. The molecule has 0 rings (SSSR count). The summed E-state index contributed by atoms with van der Waals surface area (Å²) in [5, 5.41) is 15.2. The fraction of sp³-hybridized carbons (Fsp3) is 0.500. The zero-order valence-corrected chi connectivity index (χ0v) is 18.9. The lowest BCUT2D eigenvalue weighted by atomic mass is 10.2. The van der Waals surface area contributed by atoms with Gasteiger partial charge in [0.25, 0.3) is 0 Å². The van der Waals surface area contributed by atoms with Gasteiger partial charge in [0.05, 0.1) is 13.2 Å². The Morgan fingerprint density at radius 3 is 1.07 bits per heavy atom. The van der Waals surface area contributed by atoms with E-state index in [1.165, 1.54) is 32.1 Å². The first-order valence-corrected chi connectivity index (χ1v) is 9.12. The molecule has 3 heteroatoms. The van der Waals surface area contributed by atoms with Gasteiger partial charge < -0.3 is 14.9 Å². The van der Waals surface area contributed by atoms with Crippen LogP contribution < -0.4 is 0 Å². The second kappa shape index (κ2) is 152. The lowest BCUT2D eigenvalue weighted by Gasteiger charge is -2.01. The Kier molecular flexibility index (Phi) is 282. The standard InChI is InChI=1S/C10H22O.C2H6O2.6C2H4/c1-3-5-6-7-8-10-11-9-4-2;3-1-2-4;6*1-2/h3-10H2,1-2H3;3-4H,1-2H2;6*1-2H2. The van der Waals surface area contributed by atoms with Gasteiger partial charge in [0.2, 0.25) is 0 Å². The Hall–Kier alpha value is -1.68. The van der Waals surface area contributed by atoms with Crippen LogP contribution in [-0.2, 0) is 4.74 Å². The van der Waals surface area contributed by atoms with E-state index in [1.54, 1.807) is 0 Å². The van der Waals surface area contributed by atoms with Gasteiger partial charge >= 0.3 is 0 Å². The maximum atomic E-state index is 7.62. The third-order valence-electron chi connectivity index (χ3n) is 1.84. The molecule has 166 valence electrons. The van der Waals surface area contributed by atoms with Crippen molar-refractivity contribution in [1.29, 1.82) is 0 Å². The zero-order chi connectivity index (χ0) is 23.8. The summed E-state index contributed by atoms with van der Waals surface area (Å²) in [6.45, 7) is 42.1. The lowest BCUT2D eigenvalue weighted by molar-refractivity contribution is 0.130. The van der Waals surface area contributed by atoms with Crippen LogP contribution in [0, 0.1) is 0 Å².